The van der Waals surface area contributed by atoms with Crippen molar-refractivity contribution < 1.29 is 9.18 Å². The van der Waals surface area contributed by atoms with Crippen LogP contribution in [-0.2, 0) is 0 Å². The fourth-order valence-electron chi connectivity index (χ4n) is 4.44. The number of halogens is 1. The quantitative estimate of drug-likeness (QED) is 0.618. The van der Waals surface area contributed by atoms with Gasteiger partial charge < -0.3 is 4.90 Å². The Labute approximate surface area is 178 Å². The van der Waals surface area contributed by atoms with Crippen molar-refractivity contribution in [2.45, 2.75) is 51.5 Å². The second-order valence-corrected chi connectivity index (χ2v) is 9.59. The molecule has 1 aliphatic carbocycles. The fraction of sp³-hybridized carbons (Fsp3) is 0.435. The zero-order valence-electron chi connectivity index (χ0n) is 17.2. The first kappa shape index (κ1) is 19.4. The molecule has 2 fully saturated rings. The number of nitrogens with zero attached hydrogens (tertiary/aromatic N) is 3. The van der Waals surface area contributed by atoms with E-state index in [0.717, 1.165) is 39.3 Å². The monoisotopic (exact) mass is 425 g/mol. The minimum atomic E-state index is -0.491. The van der Waals surface area contributed by atoms with E-state index < -0.39 is 5.82 Å². The van der Waals surface area contributed by atoms with Crippen LogP contribution in [0.2, 0.25) is 0 Å². The van der Waals surface area contributed by atoms with Crippen molar-refractivity contribution in [2.75, 3.05) is 13.1 Å². The number of aryl methyl sites for hydroxylation is 2. The van der Waals surface area contributed by atoms with Crippen LogP contribution in [0.15, 0.2) is 29.1 Å². The lowest BCUT2D eigenvalue weighted by molar-refractivity contribution is 0.0687. The molecular formula is C23H24FN3O2S. The van der Waals surface area contributed by atoms with Crippen molar-refractivity contribution in [1.29, 1.82) is 0 Å². The van der Waals surface area contributed by atoms with Crippen molar-refractivity contribution in [3.63, 3.8) is 0 Å². The number of hydrogen-bond donors (Lipinski definition) is 0. The molecule has 7 heteroatoms. The van der Waals surface area contributed by atoms with E-state index in [2.05, 4.69) is 0 Å². The van der Waals surface area contributed by atoms with Crippen molar-refractivity contribution >= 4 is 27.5 Å². The van der Waals surface area contributed by atoms with Gasteiger partial charge in [0, 0.05) is 29.9 Å². The lowest BCUT2D eigenvalue weighted by Gasteiger charge is -2.34. The van der Waals surface area contributed by atoms with Crippen LogP contribution >= 0.6 is 11.3 Å². The molecule has 0 spiro atoms. The van der Waals surface area contributed by atoms with Crippen molar-refractivity contribution in [1.82, 2.24) is 14.5 Å². The lowest BCUT2D eigenvalue weighted by Crippen LogP contribution is -2.42. The Morgan fingerprint density at radius 3 is 2.50 bits per heavy atom. The second kappa shape index (κ2) is 7.30. The molecule has 0 atom stereocenters. The molecule has 5 nitrogen and oxygen atoms in total. The number of aromatic nitrogens is 2. The molecule has 0 bridgehead atoms. The van der Waals surface area contributed by atoms with Crippen LogP contribution in [0.25, 0.3) is 10.2 Å². The highest BCUT2D eigenvalue weighted by molar-refractivity contribution is 7.18. The van der Waals surface area contributed by atoms with E-state index in [1.807, 2.05) is 18.4 Å². The van der Waals surface area contributed by atoms with Gasteiger partial charge in [-0.25, -0.2) is 9.37 Å². The van der Waals surface area contributed by atoms with E-state index in [-0.39, 0.29) is 23.1 Å². The molecule has 5 rings (SSSR count). The van der Waals surface area contributed by atoms with Crippen molar-refractivity contribution in [3.8, 4) is 0 Å². The zero-order chi connectivity index (χ0) is 21.0. The summed E-state index contributed by atoms with van der Waals surface area (Å²) in [6, 6.07) is 6.12. The minimum Gasteiger partial charge on any atom is -0.338 e. The van der Waals surface area contributed by atoms with Crippen LogP contribution in [0.1, 0.15) is 64.3 Å². The molecule has 1 saturated carbocycles. The zero-order valence-corrected chi connectivity index (χ0v) is 18.0. The number of rotatable bonds is 3. The molecule has 3 aromatic rings. The van der Waals surface area contributed by atoms with Gasteiger partial charge in [0.2, 0.25) is 0 Å². The molecule has 1 amide bonds. The summed E-state index contributed by atoms with van der Waals surface area (Å²) in [4.78, 5) is 34.8. The highest BCUT2D eigenvalue weighted by Gasteiger charge is 2.34. The number of hydrogen-bond acceptors (Lipinski definition) is 4. The Balaban J connectivity index is 1.45. The van der Waals surface area contributed by atoms with E-state index in [4.69, 9.17) is 4.98 Å². The van der Waals surface area contributed by atoms with Gasteiger partial charge in [-0.3, -0.25) is 14.2 Å². The first-order chi connectivity index (χ1) is 14.5. The van der Waals surface area contributed by atoms with Crippen LogP contribution in [0.4, 0.5) is 4.39 Å². The third-order valence-corrected chi connectivity index (χ3v) is 7.53. The molecule has 2 aromatic heterocycles. The number of carbonyl (C=O) groups excluding carboxylic acids is 1. The molecule has 0 radical (unpaired) electrons. The summed E-state index contributed by atoms with van der Waals surface area (Å²) in [5, 5.41) is 0.742. The average Bonchev–Trinajstić information content (AvgIpc) is 3.54. The number of benzene rings is 1. The number of amides is 1. The van der Waals surface area contributed by atoms with Gasteiger partial charge in [-0.1, -0.05) is 12.1 Å². The third kappa shape index (κ3) is 3.16. The molecule has 0 unspecified atom stereocenters. The Hall–Kier alpha value is -2.54. The minimum absolute atomic E-state index is 0.0225. The van der Waals surface area contributed by atoms with Gasteiger partial charge in [-0.05, 0) is 57.2 Å². The Kier molecular flexibility index (Phi) is 4.73. The maximum atomic E-state index is 14.0. The van der Waals surface area contributed by atoms with Crippen molar-refractivity contribution in [3.05, 3.63) is 62.3 Å². The van der Waals surface area contributed by atoms with Crippen LogP contribution < -0.4 is 5.56 Å². The summed E-state index contributed by atoms with van der Waals surface area (Å²) in [6.07, 6.45) is 3.50. The van der Waals surface area contributed by atoms with Gasteiger partial charge in [0.1, 0.15) is 16.5 Å². The van der Waals surface area contributed by atoms with E-state index >= 15 is 0 Å². The van der Waals surface area contributed by atoms with Gasteiger partial charge in [0.25, 0.3) is 11.5 Å². The molecule has 2 aliphatic rings. The standard InChI is InChI=1S/C23H24FN3O2S/c1-13-14(2)30-21-19(13)23(29)27(20(25-21)15-7-8-15)16-9-11-26(12-10-16)22(28)17-5-3-4-6-18(17)24/h3-6,15-16H,7-12H2,1-2H3. The van der Waals surface area contributed by atoms with E-state index in [9.17, 15) is 14.0 Å². The number of thiophene rings is 1. The molecule has 1 aliphatic heterocycles. The van der Waals surface area contributed by atoms with Gasteiger partial charge >= 0.3 is 0 Å². The van der Waals surface area contributed by atoms with Crippen LogP contribution in [0.3, 0.4) is 0 Å². The van der Waals surface area contributed by atoms with E-state index in [1.165, 1.54) is 12.1 Å². The summed E-state index contributed by atoms with van der Waals surface area (Å²) in [5.74, 6) is 0.504. The topological polar surface area (TPSA) is 55.2 Å². The smallest absolute Gasteiger partial charge is 0.262 e. The maximum Gasteiger partial charge on any atom is 0.262 e. The summed E-state index contributed by atoms with van der Waals surface area (Å²) in [7, 11) is 0. The predicted octanol–water partition coefficient (Wildman–Crippen LogP) is 4.57. The molecule has 30 heavy (non-hydrogen) atoms. The number of fused-ring (bicyclic) bond motifs is 1. The van der Waals surface area contributed by atoms with Crippen LogP contribution in [-0.4, -0.2) is 33.4 Å². The molecule has 156 valence electrons. The van der Waals surface area contributed by atoms with Gasteiger partial charge in [-0.2, -0.15) is 0 Å². The Morgan fingerprint density at radius 1 is 1.13 bits per heavy atom. The molecular weight excluding hydrogens is 401 g/mol. The fourth-order valence-corrected chi connectivity index (χ4v) is 5.46. The van der Waals surface area contributed by atoms with Gasteiger partial charge in [0.05, 0.1) is 10.9 Å². The molecule has 1 saturated heterocycles. The Bertz CT molecular complexity index is 1200. The summed E-state index contributed by atoms with van der Waals surface area (Å²) >= 11 is 1.60. The number of likely N-dealkylation sites (tertiary alicyclic amines) is 1. The summed E-state index contributed by atoms with van der Waals surface area (Å²) < 4.78 is 15.9. The van der Waals surface area contributed by atoms with Crippen LogP contribution in [0.5, 0.6) is 0 Å². The molecule has 3 heterocycles. The van der Waals surface area contributed by atoms with Crippen LogP contribution in [0, 0.1) is 19.7 Å². The largest absolute Gasteiger partial charge is 0.338 e. The lowest BCUT2D eigenvalue weighted by atomic mass is 10.0. The van der Waals surface area contributed by atoms with E-state index in [0.29, 0.717) is 31.8 Å². The summed E-state index contributed by atoms with van der Waals surface area (Å²) in [6.45, 7) is 5.05. The second-order valence-electron chi connectivity index (χ2n) is 8.39. The normalized spacial score (nSPS) is 17.6. The van der Waals surface area contributed by atoms with Gasteiger partial charge in [0.15, 0.2) is 0 Å². The maximum absolute atomic E-state index is 14.0. The highest BCUT2D eigenvalue weighted by atomic mass is 32.1. The first-order valence-corrected chi connectivity index (χ1v) is 11.3. The SMILES string of the molecule is Cc1sc2nc(C3CC3)n(C3CCN(C(=O)c4ccccc4F)CC3)c(=O)c2c1C. The van der Waals surface area contributed by atoms with Gasteiger partial charge in [-0.15, -0.1) is 11.3 Å². The molecule has 1 aromatic carbocycles. The highest BCUT2D eigenvalue weighted by Crippen LogP contribution is 2.41. The average molecular weight is 426 g/mol. The van der Waals surface area contributed by atoms with E-state index in [1.54, 1.807) is 28.4 Å². The number of carbonyl (C=O) groups is 1. The summed E-state index contributed by atoms with van der Waals surface area (Å²) in [5.41, 5.74) is 1.19. The number of piperidine rings is 1. The first-order valence-electron chi connectivity index (χ1n) is 10.5. The third-order valence-electron chi connectivity index (χ3n) is 6.43. The van der Waals surface area contributed by atoms with Crippen molar-refractivity contribution in [2.24, 2.45) is 0 Å². The predicted molar refractivity (Wildman–Crippen MR) is 116 cm³/mol. The Morgan fingerprint density at radius 2 is 1.83 bits per heavy atom. The molecule has 0 N–H and O–H groups in total.